The van der Waals surface area contributed by atoms with Crippen LogP contribution in [0.3, 0.4) is 0 Å². The van der Waals surface area contributed by atoms with E-state index in [4.69, 9.17) is 0 Å². The number of hydrogen-bond donors (Lipinski definition) is 2. The minimum Gasteiger partial charge on any atom is -0.481 e. The Morgan fingerprint density at radius 2 is 1.57 bits per heavy atom. The van der Waals surface area contributed by atoms with Gasteiger partial charge in [0.05, 0.1) is 6.42 Å². The molecule has 10 heteroatoms. The highest BCUT2D eigenvalue weighted by Crippen LogP contribution is 2.29. The first kappa shape index (κ1) is 26.8. The van der Waals surface area contributed by atoms with Gasteiger partial charge in [0.1, 0.15) is 5.82 Å². The number of carbonyl (C=O) groups is 4. The number of carbonyl (C=O) groups excluding carboxylic acids is 3. The molecule has 0 aromatic heterocycles. The second-order valence-electron chi connectivity index (χ2n) is 9.50. The molecule has 0 bridgehead atoms. The highest BCUT2D eigenvalue weighted by atomic mass is 79.9. The Hall–Kier alpha value is -3.27. The lowest BCUT2D eigenvalue weighted by atomic mass is 9.82. The van der Waals surface area contributed by atoms with Crippen molar-refractivity contribution in [3.63, 3.8) is 0 Å². The van der Waals surface area contributed by atoms with Gasteiger partial charge in [0.2, 0.25) is 0 Å². The van der Waals surface area contributed by atoms with Crippen LogP contribution in [0.4, 0.5) is 4.39 Å². The molecule has 2 atom stereocenters. The van der Waals surface area contributed by atoms with Gasteiger partial charge in [-0.3, -0.25) is 19.2 Å². The zero-order chi connectivity index (χ0) is 26.5. The van der Waals surface area contributed by atoms with Crippen molar-refractivity contribution in [3.05, 3.63) is 69.9 Å². The molecule has 2 fully saturated rings. The first-order valence-electron chi connectivity index (χ1n) is 12.4. The highest BCUT2D eigenvalue weighted by Gasteiger charge is 2.44. The van der Waals surface area contributed by atoms with E-state index in [9.17, 15) is 28.7 Å². The largest absolute Gasteiger partial charge is 0.481 e. The quantitative estimate of drug-likeness (QED) is 0.519. The average molecular weight is 574 g/mol. The fraction of sp³-hybridized carbons (Fsp3) is 0.407. The third-order valence-electron chi connectivity index (χ3n) is 7.03. The zero-order valence-corrected chi connectivity index (χ0v) is 21.8. The van der Waals surface area contributed by atoms with Crippen molar-refractivity contribution in [2.45, 2.75) is 50.7 Å². The lowest BCUT2D eigenvalue weighted by Gasteiger charge is -2.34. The van der Waals surface area contributed by atoms with E-state index >= 15 is 0 Å². The van der Waals surface area contributed by atoms with Gasteiger partial charge in [-0.25, -0.2) is 4.39 Å². The van der Waals surface area contributed by atoms with Crippen molar-refractivity contribution in [1.82, 2.24) is 15.1 Å². The van der Waals surface area contributed by atoms with Crippen molar-refractivity contribution in [1.29, 1.82) is 0 Å². The molecule has 37 heavy (non-hydrogen) atoms. The number of nitrogens with one attached hydrogen (secondary N) is 1. The molecule has 196 valence electrons. The number of halogens is 2. The SMILES string of the molecule is O=C(O)CC(NC(=O)C1N(C(=O)c2ccc(Br)cc2)CCN1C(=O)c1cccc(F)c1)C1CCCCC1. The predicted octanol–water partition coefficient (Wildman–Crippen LogP) is 4.05. The summed E-state index contributed by atoms with van der Waals surface area (Å²) in [7, 11) is 0. The van der Waals surface area contributed by atoms with Crippen molar-refractivity contribution >= 4 is 39.6 Å². The smallest absolute Gasteiger partial charge is 0.305 e. The Morgan fingerprint density at radius 1 is 0.946 bits per heavy atom. The number of carboxylic acid groups (broad SMARTS) is 1. The highest BCUT2D eigenvalue weighted by molar-refractivity contribution is 9.10. The van der Waals surface area contributed by atoms with Gasteiger partial charge in [0.25, 0.3) is 17.7 Å². The van der Waals surface area contributed by atoms with Crippen molar-refractivity contribution in [2.75, 3.05) is 13.1 Å². The van der Waals surface area contributed by atoms with Crippen LogP contribution in [-0.2, 0) is 9.59 Å². The Bertz CT molecular complexity index is 1170. The monoisotopic (exact) mass is 573 g/mol. The minimum atomic E-state index is -1.30. The number of carboxylic acids is 1. The summed E-state index contributed by atoms with van der Waals surface area (Å²) in [6.07, 6.45) is 3.04. The molecule has 2 N–H and O–H groups in total. The molecule has 1 aliphatic carbocycles. The normalized spacial score (nSPS) is 18.9. The van der Waals surface area contributed by atoms with E-state index in [2.05, 4.69) is 21.2 Å². The maximum Gasteiger partial charge on any atom is 0.305 e. The maximum atomic E-state index is 13.9. The van der Waals surface area contributed by atoms with Gasteiger partial charge in [0.15, 0.2) is 6.17 Å². The molecule has 1 saturated heterocycles. The number of rotatable bonds is 7. The molecule has 4 rings (SSSR count). The molecule has 1 aliphatic heterocycles. The molecule has 1 saturated carbocycles. The van der Waals surface area contributed by atoms with Crippen LogP contribution in [0.1, 0.15) is 59.2 Å². The van der Waals surface area contributed by atoms with Crippen LogP contribution in [0.15, 0.2) is 53.0 Å². The van der Waals surface area contributed by atoms with E-state index < -0.39 is 41.7 Å². The van der Waals surface area contributed by atoms with Gasteiger partial charge in [-0.15, -0.1) is 0 Å². The Kier molecular flexibility index (Phi) is 8.58. The third-order valence-corrected chi connectivity index (χ3v) is 7.56. The second kappa shape index (κ2) is 11.9. The minimum absolute atomic E-state index is 0.00167. The van der Waals surface area contributed by atoms with E-state index in [1.807, 2.05) is 0 Å². The summed E-state index contributed by atoms with van der Waals surface area (Å²) in [6, 6.07) is 11.2. The van der Waals surface area contributed by atoms with Gasteiger partial charge in [0, 0.05) is 34.7 Å². The predicted molar refractivity (Wildman–Crippen MR) is 137 cm³/mol. The fourth-order valence-corrected chi connectivity index (χ4v) is 5.46. The molecular weight excluding hydrogens is 545 g/mol. The van der Waals surface area contributed by atoms with E-state index in [0.717, 1.165) is 42.6 Å². The standard InChI is InChI=1S/C27H29BrFN3O5/c28-20-11-9-18(10-12-20)26(36)31-13-14-32(27(37)19-7-4-8-21(29)15-19)25(31)24(35)30-22(16-23(33)34)17-5-2-1-3-6-17/h4,7-12,15,17,22,25H,1-3,5-6,13-14,16H2,(H,30,35)(H,33,34). The van der Waals surface area contributed by atoms with Gasteiger partial charge in [-0.05, 0) is 61.2 Å². The van der Waals surface area contributed by atoms with Crippen LogP contribution in [0, 0.1) is 11.7 Å². The molecule has 0 radical (unpaired) electrons. The topological polar surface area (TPSA) is 107 Å². The molecule has 8 nitrogen and oxygen atoms in total. The number of hydrogen-bond acceptors (Lipinski definition) is 4. The lowest BCUT2D eigenvalue weighted by molar-refractivity contribution is -0.138. The van der Waals surface area contributed by atoms with Crippen molar-refractivity contribution in [2.24, 2.45) is 5.92 Å². The van der Waals surface area contributed by atoms with Crippen LogP contribution in [0.2, 0.25) is 0 Å². The number of aliphatic carboxylic acids is 1. The van der Waals surface area contributed by atoms with Crippen LogP contribution in [0.5, 0.6) is 0 Å². The van der Waals surface area contributed by atoms with Crippen LogP contribution in [-0.4, -0.2) is 63.9 Å². The molecule has 2 aromatic rings. The summed E-state index contributed by atoms with van der Waals surface area (Å²) in [4.78, 5) is 54.7. The molecule has 1 heterocycles. The average Bonchev–Trinajstić information content (AvgIpc) is 3.33. The second-order valence-corrected chi connectivity index (χ2v) is 10.4. The van der Waals surface area contributed by atoms with E-state index in [-0.39, 0.29) is 31.0 Å². The summed E-state index contributed by atoms with van der Waals surface area (Å²) in [6.45, 7) is 0.170. The molecular formula is C27H29BrFN3O5. The van der Waals surface area contributed by atoms with Gasteiger partial charge in [-0.2, -0.15) is 0 Å². The first-order valence-corrected chi connectivity index (χ1v) is 13.2. The van der Waals surface area contributed by atoms with Crippen LogP contribution < -0.4 is 5.32 Å². The Balaban J connectivity index is 1.64. The summed E-state index contributed by atoms with van der Waals surface area (Å²) >= 11 is 3.34. The van der Waals surface area contributed by atoms with E-state index in [0.29, 0.717) is 5.56 Å². The first-order chi connectivity index (χ1) is 17.7. The summed E-state index contributed by atoms with van der Waals surface area (Å²) in [5, 5.41) is 12.4. The van der Waals surface area contributed by atoms with Gasteiger partial charge in [-0.1, -0.05) is 41.3 Å². The number of nitrogens with zero attached hydrogens (tertiary/aromatic N) is 2. The summed E-state index contributed by atoms with van der Waals surface area (Å²) < 4.78 is 14.6. The Labute approximate surface area is 222 Å². The summed E-state index contributed by atoms with van der Waals surface area (Å²) in [5.41, 5.74) is 0.403. The van der Waals surface area contributed by atoms with Gasteiger partial charge >= 0.3 is 5.97 Å². The van der Waals surface area contributed by atoms with Crippen molar-refractivity contribution in [3.8, 4) is 0 Å². The molecule has 3 amide bonds. The fourth-order valence-electron chi connectivity index (χ4n) is 5.20. The molecule has 2 aromatic carbocycles. The van der Waals surface area contributed by atoms with Gasteiger partial charge < -0.3 is 20.2 Å². The maximum absolute atomic E-state index is 13.9. The zero-order valence-electron chi connectivity index (χ0n) is 20.2. The molecule has 0 spiro atoms. The van der Waals surface area contributed by atoms with E-state index in [1.54, 1.807) is 24.3 Å². The lowest BCUT2D eigenvalue weighted by Crippen LogP contribution is -2.57. The Morgan fingerprint density at radius 3 is 2.16 bits per heavy atom. The summed E-state index contributed by atoms with van der Waals surface area (Å²) in [5.74, 6) is -3.26. The number of benzene rings is 2. The molecule has 2 unspecified atom stereocenters. The number of amides is 3. The van der Waals surface area contributed by atoms with E-state index in [1.165, 1.54) is 28.0 Å². The van der Waals surface area contributed by atoms with Crippen LogP contribution in [0.25, 0.3) is 0 Å². The third kappa shape index (κ3) is 6.36. The van der Waals surface area contributed by atoms with Crippen molar-refractivity contribution < 1.29 is 28.7 Å². The molecule has 2 aliphatic rings. The van der Waals surface area contributed by atoms with Crippen LogP contribution >= 0.6 is 15.9 Å².